The van der Waals surface area contributed by atoms with Crippen molar-refractivity contribution in [2.75, 3.05) is 14.2 Å². The van der Waals surface area contributed by atoms with Crippen LogP contribution >= 0.6 is 0 Å². The number of hydrogen-bond donors (Lipinski definition) is 1. The fourth-order valence-electron chi connectivity index (χ4n) is 2.03. The van der Waals surface area contributed by atoms with Gasteiger partial charge in [-0.3, -0.25) is 9.59 Å². The van der Waals surface area contributed by atoms with E-state index >= 15 is 0 Å². The van der Waals surface area contributed by atoms with Gasteiger partial charge in [-0.2, -0.15) is 4.72 Å². The lowest BCUT2D eigenvalue weighted by atomic mass is 9.99. The van der Waals surface area contributed by atoms with Crippen LogP contribution in [0.25, 0.3) is 0 Å². The monoisotopic (exact) mass is 357 g/mol. The standard InChI is InChI=1S/C16H23NO6S/c1-5-11(2)12-6-8-13(9-7-12)24(20,21)17-14(16(19)23-4)10-15(18)22-3/h6-9,11,14,17H,5,10H2,1-4H3/t11-,14-/m1/s1. The molecule has 0 fully saturated rings. The first kappa shape index (κ1) is 20.1. The Morgan fingerprint density at radius 1 is 1.12 bits per heavy atom. The number of carbonyl (C=O) groups is 2. The van der Waals surface area contributed by atoms with Crippen LogP contribution < -0.4 is 4.72 Å². The minimum atomic E-state index is -3.98. The molecule has 1 rings (SSSR count). The van der Waals surface area contributed by atoms with E-state index in [1.807, 2.05) is 13.8 Å². The third-order valence-electron chi connectivity index (χ3n) is 3.75. The molecular formula is C16H23NO6S. The summed E-state index contributed by atoms with van der Waals surface area (Å²) in [4.78, 5) is 23.1. The Labute approximate surface area is 142 Å². The molecule has 0 aliphatic heterocycles. The minimum absolute atomic E-state index is 0.00771. The molecule has 8 heteroatoms. The zero-order valence-electron chi connectivity index (χ0n) is 14.2. The Morgan fingerprint density at radius 2 is 1.71 bits per heavy atom. The SMILES string of the molecule is CC[C@@H](C)c1ccc(S(=O)(=O)N[C@H](CC(=O)OC)C(=O)OC)cc1. The average molecular weight is 357 g/mol. The molecule has 2 atom stereocenters. The topological polar surface area (TPSA) is 98.8 Å². The summed E-state index contributed by atoms with van der Waals surface area (Å²) in [5, 5.41) is 0. The molecule has 0 amide bonds. The molecule has 1 aromatic rings. The number of sulfonamides is 1. The van der Waals surface area contributed by atoms with Crippen LogP contribution in [0.2, 0.25) is 0 Å². The highest BCUT2D eigenvalue weighted by Gasteiger charge is 2.29. The predicted octanol–water partition coefficient (Wildman–Crippen LogP) is 1.58. The lowest BCUT2D eigenvalue weighted by molar-refractivity contribution is -0.149. The first-order chi connectivity index (χ1) is 11.2. The third kappa shape index (κ3) is 5.31. The van der Waals surface area contributed by atoms with Gasteiger partial charge in [0.15, 0.2) is 0 Å². The molecule has 0 aliphatic rings. The van der Waals surface area contributed by atoms with Gasteiger partial charge in [0.25, 0.3) is 0 Å². The molecule has 1 aromatic carbocycles. The summed E-state index contributed by atoms with van der Waals surface area (Å²) >= 11 is 0. The van der Waals surface area contributed by atoms with E-state index in [0.29, 0.717) is 5.92 Å². The zero-order chi connectivity index (χ0) is 18.3. The van der Waals surface area contributed by atoms with E-state index in [1.54, 1.807) is 12.1 Å². The molecule has 7 nitrogen and oxygen atoms in total. The van der Waals surface area contributed by atoms with E-state index in [0.717, 1.165) is 26.2 Å². The van der Waals surface area contributed by atoms with Crippen molar-refractivity contribution in [2.24, 2.45) is 0 Å². The lowest BCUT2D eigenvalue weighted by Crippen LogP contribution is -2.43. The lowest BCUT2D eigenvalue weighted by Gasteiger charge is -2.16. The summed E-state index contributed by atoms with van der Waals surface area (Å²) in [6.45, 7) is 4.09. The smallest absolute Gasteiger partial charge is 0.324 e. The highest BCUT2D eigenvalue weighted by molar-refractivity contribution is 7.89. The molecule has 134 valence electrons. The summed E-state index contributed by atoms with van der Waals surface area (Å²) < 4.78 is 36.0. The van der Waals surface area contributed by atoms with Gasteiger partial charge in [0, 0.05) is 0 Å². The van der Waals surface area contributed by atoms with Gasteiger partial charge in [-0.05, 0) is 30.0 Å². The predicted molar refractivity (Wildman–Crippen MR) is 87.9 cm³/mol. The van der Waals surface area contributed by atoms with E-state index in [4.69, 9.17) is 0 Å². The summed E-state index contributed by atoms with van der Waals surface area (Å²) in [5.41, 5.74) is 1.02. The summed E-state index contributed by atoms with van der Waals surface area (Å²) in [5.74, 6) is -1.27. The molecule has 0 bridgehead atoms. The van der Waals surface area contributed by atoms with Crippen molar-refractivity contribution in [3.8, 4) is 0 Å². The second-order valence-corrected chi connectivity index (χ2v) is 7.07. The maximum absolute atomic E-state index is 12.4. The molecule has 0 spiro atoms. The maximum atomic E-state index is 12.4. The summed E-state index contributed by atoms with van der Waals surface area (Å²) in [7, 11) is -1.71. The first-order valence-electron chi connectivity index (χ1n) is 7.52. The molecule has 0 heterocycles. The molecule has 0 saturated carbocycles. The number of rotatable bonds is 8. The van der Waals surface area contributed by atoms with Crippen LogP contribution in [-0.2, 0) is 29.1 Å². The van der Waals surface area contributed by atoms with Gasteiger partial charge in [-0.15, -0.1) is 0 Å². The van der Waals surface area contributed by atoms with Crippen LogP contribution in [0.1, 0.15) is 38.2 Å². The Kier molecular flexibility index (Phi) is 7.37. The molecule has 0 aliphatic carbocycles. The van der Waals surface area contributed by atoms with E-state index in [9.17, 15) is 18.0 Å². The van der Waals surface area contributed by atoms with Crippen molar-refractivity contribution >= 4 is 22.0 Å². The Hall–Kier alpha value is -1.93. The first-order valence-corrected chi connectivity index (χ1v) is 9.00. The van der Waals surface area contributed by atoms with Gasteiger partial charge in [0.05, 0.1) is 25.5 Å². The van der Waals surface area contributed by atoms with Crippen LogP contribution in [0, 0.1) is 0 Å². The van der Waals surface area contributed by atoms with Gasteiger partial charge in [-0.25, -0.2) is 8.42 Å². The number of ether oxygens (including phenoxy) is 2. The molecule has 0 unspecified atom stereocenters. The van der Waals surface area contributed by atoms with Crippen molar-refractivity contribution in [2.45, 2.75) is 43.5 Å². The minimum Gasteiger partial charge on any atom is -0.469 e. The number of methoxy groups -OCH3 is 2. The molecule has 0 radical (unpaired) electrons. The molecule has 0 saturated heterocycles. The van der Waals surface area contributed by atoms with Crippen LogP contribution in [0.5, 0.6) is 0 Å². The largest absolute Gasteiger partial charge is 0.469 e. The second kappa shape index (κ2) is 8.79. The average Bonchev–Trinajstić information content (AvgIpc) is 2.59. The van der Waals surface area contributed by atoms with E-state index < -0.39 is 34.4 Å². The van der Waals surface area contributed by atoms with Crippen molar-refractivity contribution in [1.29, 1.82) is 0 Å². The van der Waals surface area contributed by atoms with E-state index in [1.165, 1.54) is 12.1 Å². The summed E-state index contributed by atoms with van der Waals surface area (Å²) in [6.07, 6.45) is 0.487. The number of carbonyl (C=O) groups excluding carboxylic acids is 2. The van der Waals surface area contributed by atoms with Crippen molar-refractivity contribution in [3.05, 3.63) is 29.8 Å². The zero-order valence-corrected chi connectivity index (χ0v) is 15.1. The van der Waals surface area contributed by atoms with E-state index in [-0.39, 0.29) is 4.90 Å². The number of benzene rings is 1. The number of esters is 2. The van der Waals surface area contributed by atoms with Gasteiger partial charge in [0.1, 0.15) is 6.04 Å². The fourth-order valence-corrected chi connectivity index (χ4v) is 3.22. The fraction of sp³-hybridized carbons (Fsp3) is 0.500. The third-order valence-corrected chi connectivity index (χ3v) is 5.24. The molecule has 1 N–H and O–H groups in total. The van der Waals surface area contributed by atoms with Gasteiger partial charge >= 0.3 is 11.9 Å². The molecule has 0 aromatic heterocycles. The van der Waals surface area contributed by atoms with Gasteiger partial charge in [0.2, 0.25) is 10.0 Å². The van der Waals surface area contributed by atoms with Crippen molar-refractivity contribution < 1.29 is 27.5 Å². The van der Waals surface area contributed by atoms with Crippen molar-refractivity contribution in [3.63, 3.8) is 0 Å². The normalized spacial score (nSPS) is 13.8. The Bertz CT molecular complexity index is 668. The maximum Gasteiger partial charge on any atom is 0.324 e. The highest BCUT2D eigenvalue weighted by Crippen LogP contribution is 2.20. The van der Waals surface area contributed by atoms with Gasteiger partial charge < -0.3 is 9.47 Å². The summed E-state index contributed by atoms with van der Waals surface area (Å²) in [6, 6.07) is 5.06. The second-order valence-electron chi connectivity index (χ2n) is 5.36. The van der Waals surface area contributed by atoms with Gasteiger partial charge in [-0.1, -0.05) is 26.0 Å². The number of nitrogens with one attached hydrogen (secondary N) is 1. The Balaban J connectivity index is 3.00. The van der Waals surface area contributed by atoms with E-state index in [2.05, 4.69) is 14.2 Å². The van der Waals surface area contributed by atoms with Crippen LogP contribution in [0.4, 0.5) is 0 Å². The molecular weight excluding hydrogens is 334 g/mol. The molecule has 24 heavy (non-hydrogen) atoms. The highest BCUT2D eigenvalue weighted by atomic mass is 32.2. The Morgan fingerprint density at radius 3 is 2.17 bits per heavy atom. The number of hydrogen-bond acceptors (Lipinski definition) is 6. The van der Waals surface area contributed by atoms with Crippen LogP contribution in [-0.4, -0.2) is 40.6 Å². The van der Waals surface area contributed by atoms with Crippen LogP contribution in [0.3, 0.4) is 0 Å². The van der Waals surface area contributed by atoms with Crippen molar-refractivity contribution in [1.82, 2.24) is 4.72 Å². The quantitative estimate of drug-likeness (QED) is 0.709. The van der Waals surface area contributed by atoms with Crippen LogP contribution in [0.15, 0.2) is 29.2 Å².